The van der Waals surface area contributed by atoms with E-state index in [4.69, 9.17) is 14.2 Å². The Bertz CT molecular complexity index is 892. The summed E-state index contributed by atoms with van der Waals surface area (Å²) in [5.74, 6) is -0.300. The van der Waals surface area contributed by atoms with Crippen molar-refractivity contribution in [1.29, 1.82) is 0 Å². The minimum atomic E-state index is -0.727. The van der Waals surface area contributed by atoms with Crippen molar-refractivity contribution >= 4 is 29.3 Å². The van der Waals surface area contributed by atoms with Crippen LogP contribution in [0.5, 0.6) is 11.5 Å². The lowest BCUT2D eigenvalue weighted by molar-refractivity contribution is -0.384. The molecule has 0 aromatic heterocycles. The highest BCUT2D eigenvalue weighted by molar-refractivity contribution is 5.95. The molecule has 9 nitrogen and oxygen atoms in total. The molecule has 28 heavy (non-hydrogen) atoms. The normalized spacial score (nSPS) is 10.4. The van der Waals surface area contributed by atoms with Gasteiger partial charge in [0.15, 0.2) is 6.61 Å². The molecule has 2 rings (SSSR count). The van der Waals surface area contributed by atoms with Gasteiger partial charge in [0.05, 0.1) is 24.8 Å². The maximum absolute atomic E-state index is 12.0. The molecule has 2 aromatic rings. The van der Waals surface area contributed by atoms with Crippen molar-refractivity contribution in [2.24, 2.45) is 0 Å². The lowest BCUT2D eigenvalue weighted by atomic mass is 10.2. The van der Waals surface area contributed by atoms with E-state index in [0.717, 1.165) is 6.08 Å². The number of esters is 1. The first-order chi connectivity index (χ1) is 13.4. The summed E-state index contributed by atoms with van der Waals surface area (Å²) in [6, 6.07) is 10.5. The lowest BCUT2D eigenvalue weighted by Crippen LogP contribution is -2.20. The highest BCUT2D eigenvalue weighted by Gasteiger charge is 2.10. The smallest absolute Gasteiger partial charge is 0.331 e. The molecule has 0 bridgehead atoms. The van der Waals surface area contributed by atoms with E-state index in [1.165, 1.54) is 44.6 Å². The van der Waals surface area contributed by atoms with Crippen LogP contribution in [0, 0.1) is 10.1 Å². The predicted molar refractivity (Wildman–Crippen MR) is 101 cm³/mol. The highest BCUT2D eigenvalue weighted by atomic mass is 16.6. The number of amides is 1. The van der Waals surface area contributed by atoms with Gasteiger partial charge in [0, 0.05) is 24.3 Å². The van der Waals surface area contributed by atoms with E-state index < -0.39 is 23.4 Å². The fourth-order valence-corrected chi connectivity index (χ4v) is 2.14. The maximum atomic E-state index is 12.0. The molecule has 0 saturated heterocycles. The number of rotatable bonds is 8. The third kappa shape index (κ3) is 5.84. The first kappa shape index (κ1) is 20.4. The van der Waals surface area contributed by atoms with Gasteiger partial charge in [-0.1, -0.05) is 0 Å². The fraction of sp³-hybridized carbons (Fsp3) is 0.158. The van der Waals surface area contributed by atoms with Crippen LogP contribution in [0.3, 0.4) is 0 Å². The second kappa shape index (κ2) is 9.72. The number of nitrogens with zero attached hydrogens (tertiary/aromatic N) is 1. The summed E-state index contributed by atoms with van der Waals surface area (Å²) in [5.41, 5.74) is 0.936. The number of nitro benzene ring substituents is 1. The Morgan fingerprint density at radius 3 is 2.43 bits per heavy atom. The minimum absolute atomic E-state index is 0.0506. The van der Waals surface area contributed by atoms with Crippen LogP contribution in [0.25, 0.3) is 6.08 Å². The standard InChI is InChI=1S/C19H18N2O7/c1-26-15-8-9-16(17(11-15)27-2)20-18(22)12-28-19(23)10-5-13-3-6-14(7-4-13)21(24)25/h3-11H,12H2,1-2H3,(H,20,22)/b10-5+. The van der Waals surface area contributed by atoms with E-state index in [1.54, 1.807) is 18.2 Å². The van der Waals surface area contributed by atoms with Crippen LogP contribution in [0.15, 0.2) is 48.5 Å². The number of nitro groups is 1. The molecule has 146 valence electrons. The van der Waals surface area contributed by atoms with Crippen molar-refractivity contribution in [1.82, 2.24) is 0 Å². The topological polar surface area (TPSA) is 117 Å². The molecule has 2 aromatic carbocycles. The van der Waals surface area contributed by atoms with Crippen molar-refractivity contribution in [3.8, 4) is 11.5 Å². The summed E-state index contributed by atoms with van der Waals surface area (Å²) in [5, 5.41) is 13.2. The molecule has 0 aliphatic rings. The molecule has 0 saturated carbocycles. The molecule has 9 heteroatoms. The molecule has 1 amide bonds. The predicted octanol–water partition coefficient (Wildman–Crippen LogP) is 2.81. The second-order valence-corrected chi connectivity index (χ2v) is 5.40. The molecule has 1 N–H and O–H groups in total. The van der Waals surface area contributed by atoms with Crippen LogP contribution in [-0.4, -0.2) is 37.6 Å². The number of hydrogen-bond acceptors (Lipinski definition) is 7. The number of nitrogens with one attached hydrogen (secondary N) is 1. The van der Waals surface area contributed by atoms with Crippen LogP contribution < -0.4 is 14.8 Å². The number of non-ortho nitro benzene ring substituents is 1. The van der Waals surface area contributed by atoms with E-state index in [0.29, 0.717) is 22.7 Å². The Kier molecular flexibility index (Phi) is 7.09. The third-order valence-corrected chi connectivity index (χ3v) is 3.54. The summed E-state index contributed by atoms with van der Waals surface area (Å²) in [4.78, 5) is 33.7. The average Bonchev–Trinajstić information content (AvgIpc) is 2.71. The van der Waals surface area contributed by atoms with Gasteiger partial charge in [-0.3, -0.25) is 14.9 Å². The Morgan fingerprint density at radius 1 is 1.11 bits per heavy atom. The summed E-state index contributed by atoms with van der Waals surface area (Å²) in [6.07, 6.45) is 2.55. The fourth-order valence-electron chi connectivity index (χ4n) is 2.14. The number of methoxy groups -OCH3 is 2. The van der Waals surface area contributed by atoms with Crippen LogP contribution in [0.4, 0.5) is 11.4 Å². The van der Waals surface area contributed by atoms with Gasteiger partial charge < -0.3 is 19.5 Å². The Hall–Kier alpha value is -3.88. The van der Waals surface area contributed by atoms with Crippen LogP contribution in [0.1, 0.15) is 5.56 Å². The zero-order valence-electron chi connectivity index (χ0n) is 15.2. The number of carbonyl (C=O) groups is 2. The molecule has 0 aliphatic heterocycles. The summed E-state index contributed by atoms with van der Waals surface area (Å²) in [6.45, 7) is -0.487. The largest absolute Gasteiger partial charge is 0.497 e. The molecular formula is C19H18N2O7. The van der Waals surface area contributed by atoms with Crippen molar-refractivity contribution in [3.63, 3.8) is 0 Å². The van der Waals surface area contributed by atoms with Crippen LogP contribution in [-0.2, 0) is 14.3 Å². The molecule has 0 radical (unpaired) electrons. The van der Waals surface area contributed by atoms with Crippen LogP contribution >= 0.6 is 0 Å². The van der Waals surface area contributed by atoms with Crippen molar-refractivity contribution < 1.29 is 28.7 Å². The molecule has 0 fully saturated rings. The third-order valence-electron chi connectivity index (χ3n) is 3.54. The number of carbonyl (C=O) groups excluding carboxylic acids is 2. The van der Waals surface area contributed by atoms with E-state index in [9.17, 15) is 19.7 Å². The first-order valence-electron chi connectivity index (χ1n) is 8.04. The molecule has 0 aliphatic carbocycles. The average molecular weight is 386 g/mol. The van der Waals surface area contributed by atoms with Crippen molar-refractivity contribution in [3.05, 3.63) is 64.2 Å². The van der Waals surface area contributed by atoms with E-state index in [-0.39, 0.29) is 5.69 Å². The van der Waals surface area contributed by atoms with Crippen LogP contribution in [0.2, 0.25) is 0 Å². The Balaban J connectivity index is 1.86. The SMILES string of the molecule is COc1ccc(NC(=O)COC(=O)/C=C/c2ccc([N+](=O)[O-])cc2)c(OC)c1. The zero-order valence-corrected chi connectivity index (χ0v) is 15.2. The van der Waals surface area contributed by atoms with Crippen molar-refractivity contribution in [2.75, 3.05) is 26.1 Å². The second-order valence-electron chi connectivity index (χ2n) is 5.40. The van der Waals surface area contributed by atoms with Gasteiger partial charge in [0.25, 0.3) is 11.6 Å². The van der Waals surface area contributed by atoms with Gasteiger partial charge in [-0.25, -0.2) is 4.79 Å². The quantitative estimate of drug-likeness (QED) is 0.321. The Labute approximate surface area is 160 Å². The summed E-state index contributed by atoms with van der Waals surface area (Å²) < 4.78 is 15.1. The molecular weight excluding hydrogens is 368 g/mol. The van der Waals surface area contributed by atoms with Gasteiger partial charge in [0.2, 0.25) is 0 Å². The molecule has 0 atom stereocenters. The van der Waals surface area contributed by atoms with Gasteiger partial charge in [-0.2, -0.15) is 0 Å². The van der Waals surface area contributed by atoms with Gasteiger partial charge in [-0.15, -0.1) is 0 Å². The number of hydrogen-bond donors (Lipinski definition) is 1. The number of ether oxygens (including phenoxy) is 3. The highest BCUT2D eigenvalue weighted by Crippen LogP contribution is 2.28. The van der Waals surface area contributed by atoms with Gasteiger partial charge in [0.1, 0.15) is 11.5 Å². The van der Waals surface area contributed by atoms with Crippen molar-refractivity contribution in [2.45, 2.75) is 0 Å². The first-order valence-corrected chi connectivity index (χ1v) is 8.04. The summed E-state index contributed by atoms with van der Waals surface area (Å²) in [7, 11) is 2.96. The number of anilines is 1. The number of benzene rings is 2. The monoisotopic (exact) mass is 386 g/mol. The van der Waals surface area contributed by atoms with E-state index in [2.05, 4.69) is 5.32 Å². The molecule has 0 unspecified atom stereocenters. The van der Waals surface area contributed by atoms with Gasteiger partial charge >= 0.3 is 5.97 Å². The van der Waals surface area contributed by atoms with E-state index in [1.807, 2.05) is 0 Å². The zero-order chi connectivity index (χ0) is 20.5. The summed E-state index contributed by atoms with van der Waals surface area (Å²) >= 11 is 0. The van der Waals surface area contributed by atoms with Gasteiger partial charge in [-0.05, 0) is 35.9 Å². The lowest BCUT2D eigenvalue weighted by Gasteiger charge is -2.11. The Morgan fingerprint density at radius 2 is 1.82 bits per heavy atom. The maximum Gasteiger partial charge on any atom is 0.331 e. The minimum Gasteiger partial charge on any atom is -0.497 e. The molecule has 0 heterocycles. The molecule has 0 spiro atoms. The van der Waals surface area contributed by atoms with E-state index >= 15 is 0 Å².